The molecule has 1 N–H and O–H groups in total. The monoisotopic (exact) mass is 256 g/mol. The van der Waals surface area contributed by atoms with Crippen LogP contribution in [0.1, 0.15) is 25.7 Å². The fraction of sp³-hybridized carbons (Fsp3) is 0.769. The van der Waals surface area contributed by atoms with Gasteiger partial charge in [0.1, 0.15) is 18.3 Å². The smallest absolute Gasteiger partial charge is 0.306 e. The number of aliphatic hydroxyl groups excluding tert-OH is 1. The van der Waals surface area contributed by atoms with Crippen molar-refractivity contribution in [3.8, 4) is 0 Å². The lowest BCUT2D eigenvalue weighted by Crippen LogP contribution is -2.34. The summed E-state index contributed by atoms with van der Waals surface area (Å²) in [7, 11) is 0. The van der Waals surface area contributed by atoms with Gasteiger partial charge in [0.2, 0.25) is 0 Å². The van der Waals surface area contributed by atoms with E-state index in [1.807, 2.05) is 6.08 Å². The number of carbonyl (C=O) groups excluding carboxylic acids is 1. The van der Waals surface area contributed by atoms with E-state index >= 15 is 0 Å². The van der Waals surface area contributed by atoms with Crippen molar-refractivity contribution in [3.05, 3.63) is 12.7 Å². The van der Waals surface area contributed by atoms with Crippen LogP contribution in [-0.2, 0) is 19.0 Å². The van der Waals surface area contributed by atoms with Crippen molar-refractivity contribution >= 4 is 5.97 Å². The molecule has 18 heavy (non-hydrogen) atoms. The van der Waals surface area contributed by atoms with Gasteiger partial charge >= 0.3 is 5.97 Å². The first-order valence-corrected chi connectivity index (χ1v) is 6.44. The summed E-state index contributed by atoms with van der Waals surface area (Å²) >= 11 is 0. The molecule has 2 aliphatic heterocycles. The summed E-state index contributed by atoms with van der Waals surface area (Å²) in [6.07, 6.45) is 3.28. The molecule has 0 amide bonds. The molecule has 5 nitrogen and oxygen atoms in total. The summed E-state index contributed by atoms with van der Waals surface area (Å²) in [4.78, 5) is 11.6. The van der Waals surface area contributed by atoms with Crippen LogP contribution in [0.5, 0.6) is 0 Å². The highest BCUT2D eigenvalue weighted by molar-refractivity contribution is 5.69. The second-order valence-corrected chi connectivity index (χ2v) is 4.73. The van der Waals surface area contributed by atoms with Gasteiger partial charge in [-0.25, -0.2) is 0 Å². The second-order valence-electron chi connectivity index (χ2n) is 4.73. The lowest BCUT2D eigenvalue weighted by atomic mass is 10.1. The van der Waals surface area contributed by atoms with Gasteiger partial charge in [0, 0.05) is 6.42 Å². The largest absolute Gasteiger partial charge is 0.457 e. The highest BCUT2D eigenvalue weighted by atomic mass is 16.6. The molecular weight excluding hydrogens is 236 g/mol. The fourth-order valence-electron chi connectivity index (χ4n) is 2.33. The van der Waals surface area contributed by atoms with Gasteiger partial charge < -0.3 is 19.3 Å². The zero-order valence-electron chi connectivity index (χ0n) is 10.4. The molecule has 0 aromatic heterocycles. The molecule has 4 atom stereocenters. The standard InChI is InChI=1S/C13H20O5/c1-2-3-4-5-6-11(15)18-10-8-17-12-9(14)7-16-13(10)12/h2,9-10,12-14H,1,3-8H2/t9-,10-,12-,13-/m1/s1. The highest BCUT2D eigenvalue weighted by Gasteiger charge is 2.48. The molecule has 0 spiro atoms. The quantitative estimate of drug-likeness (QED) is 0.432. The number of fused-ring (bicyclic) bond motifs is 1. The van der Waals surface area contributed by atoms with E-state index in [4.69, 9.17) is 14.2 Å². The average molecular weight is 256 g/mol. The van der Waals surface area contributed by atoms with Gasteiger partial charge in [0.05, 0.1) is 13.2 Å². The highest BCUT2D eigenvalue weighted by Crippen LogP contribution is 2.29. The van der Waals surface area contributed by atoms with Crippen molar-refractivity contribution in [2.45, 2.75) is 50.1 Å². The molecule has 2 aliphatic rings. The minimum atomic E-state index is -0.605. The second kappa shape index (κ2) is 6.31. The molecule has 2 rings (SSSR count). The zero-order chi connectivity index (χ0) is 13.0. The van der Waals surface area contributed by atoms with E-state index in [1.54, 1.807) is 0 Å². The predicted molar refractivity (Wildman–Crippen MR) is 64.0 cm³/mol. The predicted octanol–water partition coefficient (Wildman–Crippen LogP) is 0.803. The van der Waals surface area contributed by atoms with Crippen LogP contribution >= 0.6 is 0 Å². The first-order valence-electron chi connectivity index (χ1n) is 6.44. The van der Waals surface area contributed by atoms with Crippen molar-refractivity contribution in [1.29, 1.82) is 0 Å². The van der Waals surface area contributed by atoms with Crippen molar-refractivity contribution in [2.24, 2.45) is 0 Å². The Bertz CT molecular complexity index is 304. The molecule has 0 radical (unpaired) electrons. The third kappa shape index (κ3) is 3.10. The lowest BCUT2D eigenvalue weighted by Gasteiger charge is -2.16. The number of allylic oxidation sites excluding steroid dienone is 1. The maximum atomic E-state index is 11.6. The molecule has 0 aromatic rings. The number of esters is 1. The van der Waals surface area contributed by atoms with E-state index in [0.717, 1.165) is 19.3 Å². The van der Waals surface area contributed by atoms with Crippen LogP contribution in [0.3, 0.4) is 0 Å². The van der Waals surface area contributed by atoms with E-state index in [9.17, 15) is 9.90 Å². The minimum absolute atomic E-state index is 0.224. The fourth-order valence-corrected chi connectivity index (χ4v) is 2.33. The molecule has 0 saturated carbocycles. The third-order valence-corrected chi connectivity index (χ3v) is 3.30. The van der Waals surface area contributed by atoms with E-state index in [-0.39, 0.29) is 30.9 Å². The SMILES string of the molecule is C=CCCCCC(=O)O[C@@H]1CO[C@H]2[C@@H]1OC[C@H]2O. The van der Waals surface area contributed by atoms with Crippen molar-refractivity contribution in [2.75, 3.05) is 13.2 Å². The number of aliphatic hydroxyl groups is 1. The minimum Gasteiger partial charge on any atom is -0.457 e. The Morgan fingerprint density at radius 1 is 1.33 bits per heavy atom. The Kier molecular flexibility index (Phi) is 4.74. The van der Waals surface area contributed by atoms with Gasteiger partial charge in [-0.15, -0.1) is 6.58 Å². The summed E-state index contributed by atoms with van der Waals surface area (Å²) < 4.78 is 16.1. The average Bonchev–Trinajstić information content (AvgIpc) is 2.90. The first kappa shape index (κ1) is 13.5. The van der Waals surface area contributed by atoms with Gasteiger partial charge in [-0.1, -0.05) is 6.08 Å². The van der Waals surface area contributed by atoms with Crippen LogP contribution < -0.4 is 0 Å². The number of ether oxygens (including phenoxy) is 3. The summed E-state index contributed by atoms with van der Waals surface area (Å²) in [6, 6.07) is 0. The Morgan fingerprint density at radius 3 is 2.89 bits per heavy atom. The van der Waals surface area contributed by atoms with E-state index < -0.39 is 6.10 Å². The summed E-state index contributed by atoms with van der Waals surface area (Å²) in [5.74, 6) is -0.224. The van der Waals surface area contributed by atoms with Crippen LogP contribution in [0.25, 0.3) is 0 Å². The summed E-state index contributed by atoms with van der Waals surface area (Å²) in [6.45, 7) is 4.19. The van der Waals surface area contributed by atoms with E-state index in [1.165, 1.54) is 0 Å². The van der Waals surface area contributed by atoms with E-state index in [2.05, 4.69) is 6.58 Å². The van der Waals surface area contributed by atoms with E-state index in [0.29, 0.717) is 13.0 Å². The maximum absolute atomic E-state index is 11.6. The molecule has 0 aromatic carbocycles. The number of hydrogen-bond acceptors (Lipinski definition) is 5. The van der Waals surface area contributed by atoms with Crippen LogP contribution in [0.15, 0.2) is 12.7 Å². The Morgan fingerprint density at radius 2 is 2.11 bits per heavy atom. The van der Waals surface area contributed by atoms with Gasteiger partial charge in [-0.2, -0.15) is 0 Å². The molecule has 5 heteroatoms. The Labute approximate surface area is 107 Å². The van der Waals surface area contributed by atoms with Gasteiger partial charge in [-0.05, 0) is 19.3 Å². The zero-order valence-corrected chi connectivity index (χ0v) is 10.4. The molecule has 2 fully saturated rings. The molecule has 2 saturated heterocycles. The van der Waals surface area contributed by atoms with Crippen LogP contribution in [-0.4, -0.2) is 48.7 Å². The van der Waals surface area contributed by atoms with Crippen LogP contribution in [0.4, 0.5) is 0 Å². The normalized spacial score (nSPS) is 34.3. The first-order chi connectivity index (χ1) is 8.72. The number of rotatable bonds is 6. The van der Waals surface area contributed by atoms with Crippen molar-refractivity contribution < 1.29 is 24.1 Å². The summed E-state index contributed by atoms with van der Waals surface area (Å²) in [5.41, 5.74) is 0. The van der Waals surface area contributed by atoms with Gasteiger partial charge in [0.25, 0.3) is 0 Å². The van der Waals surface area contributed by atoms with Gasteiger partial charge in [0.15, 0.2) is 6.10 Å². The van der Waals surface area contributed by atoms with Crippen LogP contribution in [0.2, 0.25) is 0 Å². The topological polar surface area (TPSA) is 65.0 Å². The van der Waals surface area contributed by atoms with Gasteiger partial charge in [-0.3, -0.25) is 4.79 Å². The molecular formula is C13H20O5. The summed E-state index contributed by atoms with van der Waals surface area (Å²) in [5, 5.41) is 9.55. The number of carbonyl (C=O) groups is 1. The Balaban J connectivity index is 1.70. The number of hydrogen-bond donors (Lipinski definition) is 1. The maximum Gasteiger partial charge on any atom is 0.306 e. The molecule has 0 bridgehead atoms. The number of unbranched alkanes of at least 4 members (excludes halogenated alkanes) is 2. The van der Waals surface area contributed by atoms with Crippen LogP contribution in [0, 0.1) is 0 Å². The lowest BCUT2D eigenvalue weighted by molar-refractivity contribution is -0.153. The molecule has 102 valence electrons. The Hall–Kier alpha value is -0.910. The van der Waals surface area contributed by atoms with Crippen molar-refractivity contribution in [1.82, 2.24) is 0 Å². The molecule has 2 heterocycles. The van der Waals surface area contributed by atoms with Crippen molar-refractivity contribution in [3.63, 3.8) is 0 Å². The molecule has 0 aliphatic carbocycles. The molecule has 0 unspecified atom stereocenters. The third-order valence-electron chi connectivity index (χ3n) is 3.30.